The zero-order valence-corrected chi connectivity index (χ0v) is 12.9. The summed E-state index contributed by atoms with van der Waals surface area (Å²) in [5.41, 5.74) is 3.70. The molecule has 1 aromatic rings. The number of ether oxygens (including phenoxy) is 1. The maximum atomic E-state index is 6.11. The van der Waals surface area contributed by atoms with Crippen molar-refractivity contribution in [2.75, 3.05) is 0 Å². The minimum atomic E-state index is -0.227. The molecule has 1 atom stereocenters. The SMILES string of the molecule is CC1=CC(C)(C)OC2=C1C(c1ccc(Cl)cc1)CC=C2. The number of rotatable bonds is 1. The van der Waals surface area contributed by atoms with E-state index >= 15 is 0 Å². The van der Waals surface area contributed by atoms with Gasteiger partial charge in [0, 0.05) is 16.5 Å². The molecule has 0 amide bonds. The van der Waals surface area contributed by atoms with Crippen LogP contribution in [0.1, 0.15) is 38.7 Å². The molecule has 1 aromatic carbocycles. The van der Waals surface area contributed by atoms with E-state index in [9.17, 15) is 0 Å². The Labute approximate surface area is 125 Å². The average molecular weight is 287 g/mol. The van der Waals surface area contributed by atoms with Crippen LogP contribution in [-0.4, -0.2) is 5.60 Å². The van der Waals surface area contributed by atoms with Crippen molar-refractivity contribution in [3.8, 4) is 0 Å². The molecular formula is C18H19ClO. The van der Waals surface area contributed by atoms with Crippen molar-refractivity contribution in [3.05, 3.63) is 70.0 Å². The molecule has 104 valence electrons. The second-order valence-electron chi connectivity index (χ2n) is 6.05. The highest BCUT2D eigenvalue weighted by Gasteiger charge is 2.31. The summed E-state index contributed by atoms with van der Waals surface area (Å²) in [6.45, 7) is 6.38. The van der Waals surface area contributed by atoms with Crippen LogP contribution < -0.4 is 0 Å². The predicted molar refractivity (Wildman–Crippen MR) is 83.9 cm³/mol. The van der Waals surface area contributed by atoms with Gasteiger partial charge >= 0.3 is 0 Å². The molecule has 0 radical (unpaired) electrons. The molecule has 3 rings (SSSR count). The second kappa shape index (κ2) is 4.82. The first-order valence-corrected chi connectivity index (χ1v) is 7.39. The number of hydrogen-bond donors (Lipinski definition) is 0. The molecule has 1 aliphatic heterocycles. The molecule has 1 unspecified atom stereocenters. The van der Waals surface area contributed by atoms with Crippen LogP contribution in [0.25, 0.3) is 0 Å². The second-order valence-corrected chi connectivity index (χ2v) is 6.49. The highest BCUT2D eigenvalue weighted by atomic mass is 35.5. The Hall–Kier alpha value is -1.47. The number of benzene rings is 1. The van der Waals surface area contributed by atoms with Gasteiger partial charge in [0.25, 0.3) is 0 Å². The van der Waals surface area contributed by atoms with Gasteiger partial charge in [-0.25, -0.2) is 0 Å². The molecule has 1 aliphatic carbocycles. The van der Waals surface area contributed by atoms with Crippen LogP contribution in [0.4, 0.5) is 0 Å². The van der Waals surface area contributed by atoms with Crippen LogP contribution in [0.3, 0.4) is 0 Å². The summed E-state index contributed by atoms with van der Waals surface area (Å²) in [5, 5.41) is 0.780. The fourth-order valence-electron chi connectivity index (χ4n) is 3.16. The van der Waals surface area contributed by atoms with Gasteiger partial charge in [0.15, 0.2) is 0 Å². The van der Waals surface area contributed by atoms with E-state index in [-0.39, 0.29) is 5.60 Å². The summed E-state index contributed by atoms with van der Waals surface area (Å²) < 4.78 is 6.11. The molecule has 0 fully saturated rings. The van der Waals surface area contributed by atoms with Gasteiger partial charge in [-0.2, -0.15) is 0 Å². The zero-order valence-electron chi connectivity index (χ0n) is 12.1. The van der Waals surface area contributed by atoms with Gasteiger partial charge in [-0.15, -0.1) is 0 Å². The van der Waals surface area contributed by atoms with Crippen molar-refractivity contribution < 1.29 is 4.74 Å². The minimum absolute atomic E-state index is 0.227. The fourth-order valence-corrected chi connectivity index (χ4v) is 3.28. The molecule has 0 spiro atoms. The van der Waals surface area contributed by atoms with E-state index in [0.29, 0.717) is 5.92 Å². The Morgan fingerprint density at radius 1 is 1.20 bits per heavy atom. The van der Waals surface area contributed by atoms with Gasteiger partial charge in [-0.3, -0.25) is 0 Å². The average Bonchev–Trinajstić information content (AvgIpc) is 2.37. The van der Waals surface area contributed by atoms with Gasteiger partial charge in [-0.1, -0.05) is 29.8 Å². The third-order valence-electron chi connectivity index (χ3n) is 3.89. The van der Waals surface area contributed by atoms with Crippen molar-refractivity contribution in [2.45, 2.75) is 38.7 Å². The lowest BCUT2D eigenvalue weighted by Gasteiger charge is -2.36. The highest BCUT2D eigenvalue weighted by molar-refractivity contribution is 6.30. The molecule has 20 heavy (non-hydrogen) atoms. The third-order valence-corrected chi connectivity index (χ3v) is 4.14. The molecule has 0 saturated carbocycles. The molecule has 2 heteroatoms. The summed E-state index contributed by atoms with van der Waals surface area (Å²) >= 11 is 5.99. The molecular weight excluding hydrogens is 268 g/mol. The van der Waals surface area contributed by atoms with Crippen LogP contribution in [0, 0.1) is 0 Å². The monoisotopic (exact) mass is 286 g/mol. The first-order chi connectivity index (χ1) is 9.46. The normalized spacial score (nSPS) is 24.0. The van der Waals surface area contributed by atoms with Crippen molar-refractivity contribution in [1.82, 2.24) is 0 Å². The molecule has 2 aliphatic rings. The molecule has 1 nitrogen and oxygen atoms in total. The van der Waals surface area contributed by atoms with Gasteiger partial charge in [0.2, 0.25) is 0 Å². The summed E-state index contributed by atoms with van der Waals surface area (Å²) in [5.74, 6) is 1.38. The highest BCUT2D eigenvalue weighted by Crippen LogP contribution is 2.43. The zero-order chi connectivity index (χ0) is 14.3. The molecule has 0 saturated heterocycles. The molecule has 0 aromatic heterocycles. The van der Waals surface area contributed by atoms with Crippen LogP contribution in [-0.2, 0) is 4.74 Å². The Morgan fingerprint density at radius 3 is 2.60 bits per heavy atom. The number of halogens is 1. The molecule has 1 heterocycles. The van der Waals surface area contributed by atoms with Crippen molar-refractivity contribution >= 4 is 11.6 Å². The Balaban J connectivity index is 2.03. The van der Waals surface area contributed by atoms with Gasteiger partial charge < -0.3 is 4.74 Å². The van der Waals surface area contributed by atoms with Crippen molar-refractivity contribution in [2.24, 2.45) is 0 Å². The van der Waals surface area contributed by atoms with E-state index in [1.165, 1.54) is 16.7 Å². The summed E-state index contributed by atoms with van der Waals surface area (Å²) in [6, 6.07) is 8.15. The predicted octanol–water partition coefficient (Wildman–Crippen LogP) is 5.39. The lowest BCUT2D eigenvalue weighted by atomic mass is 9.79. The third kappa shape index (κ3) is 2.43. The first kappa shape index (κ1) is 13.5. The molecule has 0 bridgehead atoms. The van der Waals surface area contributed by atoms with Crippen molar-refractivity contribution in [3.63, 3.8) is 0 Å². The van der Waals surface area contributed by atoms with Crippen LogP contribution in [0.2, 0.25) is 5.02 Å². The van der Waals surface area contributed by atoms with E-state index in [1.54, 1.807) is 0 Å². The Morgan fingerprint density at radius 2 is 1.90 bits per heavy atom. The number of hydrogen-bond acceptors (Lipinski definition) is 1. The first-order valence-electron chi connectivity index (χ1n) is 7.01. The largest absolute Gasteiger partial charge is 0.483 e. The Bertz CT molecular complexity index is 617. The Kier molecular flexibility index (Phi) is 3.25. The van der Waals surface area contributed by atoms with Crippen LogP contribution in [0.15, 0.2) is 59.4 Å². The van der Waals surface area contributed by atoms with E-state index < -0.39 is 0 Å². The summed E-state index contributed by atoms with van der Waals surface area (Å²) in [4.78, 5) is 0. The smallest absolute Gasteiger partial charge is 0.124 e. The van der Waals surface area contributed by atoms with Crippen LogP contribution in [0.5, 0.6) is 0 Å². The van der Waals surface area contributed by atoms with Gasteiger partial charge in [-0.05, 0) is 62.6 Å². The quantitative estimate of drug-likeness (QED) is 0.672. The van der Waals surface area contributed by atoms with Gasteiger partial charge in [0.1, 0.15) is 11.4 Å². The topological polar surface area (TPSA) is 9.23 Å². The fraction of sp³-hybridized carbons (Fsp3) is 0.333. The number of allylic oxidation sites excluding steroid dienone is 4. The van der Waals surface area contributed by atoms with E-state index in [2.05, 4.69) is 51.1 Å². The minimum Gasteiger partial charge on any atom is -0.483 e. The maximum absolute atomic E-state index is 6.11. The van der Waals surface area contributed by atoms with Crippen molar-refractivity contribution in [1.29, 1.82) is 0 Å². The van der Waals surface area contributed by atoms with E-state index in [4.69, 9.17) is 16.3 Å². The lowest BCUT2D eigenvalue weighted by molar-refractivity contribution is 0.0777. The van der Waals surface area contributed by atoms with E-state index in [0.717, 1.165) is 17.2 Å². The van der Waals surface area contributed by atoms with Gasteiger partial charge in [0.05, 0.1) is 0 Å². The maximum Gasteiger partial charge on any atom is 0.124 e. The lowest BCUT2D eigenvalue weighted by Crippen LogP contribution is -2.28. The summed E-state index contributed by atoms with van der Waals surface area (Å²) in [6.07, 6.45) is 7.54. The molecule has 0 N–H and O–H groups in total. The summed E-state index contributed by atoms with van der Waals surface area (Å²) in [7, 11) is 0. The van der Waals surface area contributed by atoms with Crippen LogP contribution >= 0.6 is 11.6 Å². The standard InChI is InChI=1S/C18H19ClO/c1-12-11-18(2,3)20-16-6-4-5-15(17(12)16)13-7-9-14(19)10-8-13/h4,6-11,15H,5H2,1-3H3. The van der Waals surface area contributed by atoms with E-state index in [1.807, 2.05) is 12.1 Å².